The third kappa shape index (κ3) is 5.33. The van der Waals surface area contributed by atoms with E-state index >= 15 is 0 Å². The number of aromatic nitrogens is 2. The molecule has 1 unspecified atom stereocenters. The van der Waals surface area contributed by atoms with Gasteiger partial charge in [0.1, 0.15) is 16.9 Å². The van der Waals surface area contributed by atoms with E-state index in [1.807, 2.05) is 0 Å². The van der Waals surface area contributed by atoms with Crippen molar-refractivity contribution in [1.82, 2.24) is 9.97 Å². The minimum absolute atomic E-state index is 0.0498. The van der Waals surface area contributed by atoms with Gasteiger partial charge in [-0.25, -0.2) is 9.97 Å². The predicted molar refractivity (Wildman–Crippen MR) is 111 cm³/mol. The lowest BCUT2D eigenvalue weighted by atomic mass is 10.1. The first-order chi connectivity index (χ1) is 14.1. The Hall–Kier alpha value is -2.98. The zero-order chi connectivity index (χ0) is 21.9. The van der Waals surface area contributed by atoms with Gasteiger partial charge in [0.05, 0.1) is 10.6 Å². The molecule has 11 heteroatoms. The highest BCUT2D eigenvalue weighted by atomic mass is 35.5. The van der Waals surface area contributed by atoms with Gasteiger partial charge in [0, 0.05) is 11.8 Å². The summed E-state index contributed by atoms with van der Waals surface area (Å²) in [6, 6.07) is 13.2. The van der Waals surface area contributed by atoms with Gasteiger partial charge in [0.25, 0.3) is 0 Å². The fourth-order valence-electron chi connectivity index (χ4n) is 2.55. The van der Waals surface area contributed by atoms with Crippen LogP contribution in [0, 0.1) is 0 Å². The summed E-state index contributed by atoms with van der Waals surface area (Å²) in [6.07, 6.45) is -4.65. The Morgan fingerprint density at radius 3 is 2.27 bits per heavy atom. The van der Waals surface area contributed by atoms with Crippen molar-refractivity contribution >= 4 is 46.6 Å². The first-order valence-electron chi connectivity index (χ1n) is 8.43. The molecule has 0 bridgehead atoms. The lowest BCUT2D eigenvalue weighted by molar-refractivity contribution is -0.137. The molecule has 0 aliphatic rings. The van der Waals surface area contributed by atoms with Gasteiger partial charge in [-0.1, -0.05) is 53.7 Å². The lowest BCUT2D eigenvalue weighted by Crippen LogP contribution is -2.20. The second-order valence-electron chi connectivity index (χ2n) is 6.09. The zero-order valence-corrected chi connectivity index (χ0v) is 16.7. The van der Waals surface area contributed by atoms with Gasteiger partial charge in [-0.15, -0.1) is 0 Å². The summed E-state index contributed by atoms with van der Waals surface area (Å²) in [5.41, 5.74) is 10.9. The Balaban J connectivity index is 1.91. The van der Waals surface area contributed by atoms with Crippen molar-refractivity contribution in [1.29, 1.82) is 0 Å². The van der Waals surface area contributed by atoms with Gasteiger partial charge in [-0.2, -0.15) is 13.2 Å². The summed E-state index contributed by atoms with van der Waals surface area (Å²) in [5.74, 6) is -0.319. The van der Waals surface area contributed by atoms with Crippen molar-refractivity contribution in [3.8, 4) is 0 Å². The van der Waals surface area contributed by atoms with E-state index in [9.17, 15) is 18.0 Å². The molecule has 3 aromatic rings. The molecule has 3 rings (SSSR count). The summed E-state index contributed by atoms with van der Waals surface area (Å²) < 4.78 is 39.3. The largest absolute Gasteiger partial charge is 0.417 e. The van der Waals surface area contributed by atoms with Crippen molar-refractivity contribution in [2.75, 3.05) is 16.8 Å². The van der Waals surface area contributed by atoms with Crippen LogP contribution in [0.25, 0.3) is 0 Å². The van der Waals surface area contributed by atoms with Gasteiger partial charge in [0.15, 0.2) is 5.16 Å². The Kier molecular flexibility index (Phi) is 6.37. The van der Waals surface area contributed by atoms with Crippen LogP contribution in [-0.4, -0.2) is 15.9 Å². The highest BCUT2D eigenvalue weighted by molar-refractivity contribution is 8.00. The van der Waals surface area contributed by atoms with Crippen LogP contribution < -0.4 is 16.8 Å². The van der Waals surface area contributed by atoms with Gasteiger partial charge < -0.3 is 16.8 Å². The fourth-order valence-corrected chi connectivity index (χ4v) is 3.76. The van der Waals surface area contributed by atoms with Gasteiger partial charge in [0.2, 0.25) is 5.91 Å². The van der Waals surface area contributed by atoms with Crippen molar-refractivity contribution < 1.29 is 18.0 Å². The molecule has 0 saturated carbocycles. The molecule has 0 aliphatic heterocycles. The number of anilines is 3. The standard InChI is InChI=1S/C19H15ClF3N5OS/c20-13-7-6-11(8-12(13)19(21,22)23)26-17(29)16(10-4-2-1-3-5-10)30-18-27-14(24)9-15(25)28-18/h1-9,16H,(H,26,29)(H4,24,25,27,28). The second kappa shape index (κ2) is 8.80. The normalized spacial score (nSPS) is 12.4. The SMILES string of the molecule is Nc1cc(N)nc(SC(C(=O)Nc2ccc(Cl)c(C(F)(F)F)c2)c2ccccc2)n1. The number of thioether (sulfide) groups is 1. The highest BCUT2D eigenvalue weighted by Gasteiger charge is 2.34. The molecule has 0 fully saturated rings. The van der Waals surface area contributed by atoms with E-state index in [-0.39, 0.29) is 22.5 Å². The van der Waals surface area contributed by atoms with E-state index < -0.39 is 27.9 Å². The van der Waals surface area contributed by atoms with E-state index in [1.54, 1.807) is 30.3 Å². The third-order valence-electron chi connectivity index (χ3n) is 3.85. The monoisotopic (exact) mass is 453 g/mol. The third-order valence-corrected chi connectivity index (χ3v) is 5.29. The average molecular weight is 454 g/mol. The number of nitrogens with one attached hydrogen (secondary N) is 1. The summed E-state index contributed by atoms with van der Waals surface area (Å²) in [6.45, 7) is 0. The van der Waals surface area contributed by atoms with E-state index in [0.717, 1.165) is 23.9 Å². The molecule has 1 aromatic heterocycles. The maximum atomic E-state index is 13.1. The van der Waals surface area contributed by atoms with Crippen molar-refractivity contribution in [2.45, 2.75) is 16.6 Å². The van der Waals surface area contributed by atoms with Crippen molar-refractivity contribution in [3.63, 3.8) is 0 Å². The van der Waals surface area contributed by atoms with E-state index in [1.165, 1.54) is 12.1 Å². The second-order valence-corrected chi connectivity index (χ2v) is 7.57. The van der Waals surface area contributed by atoms with E-state index in [4.69, 9.17) is 23.1 Å². The lowest BCUT2D eigenvalue weighted by Gasteiger charge is -2.17. The van der Waals surface area contributed by atoms with Crippen molar-refractivity contribution in [2.24, 2.45) is 0 Å². The summed E-state index contributed by atoms with van der Waals surface area (Å²) in [5, 5.41) is 1.31. The molecule has 156 valence electrons. The van der Waals surface area contributed by atoms with Crippen LogP contribution in [0.5, 0.6) is 0 Å². The number of carbonyl (C=O) groups excluding carboxylic acids is 1. The van der Waals surface area contributed by atoms with E-state index in [0.29, 0.717) is 5.56 Å². The van der Waals surface area contributed by atoms with Gasteiger partial charge >= 0.3 is 6.18 Å². The molecule has 2 aromatic carbocycles. The van der Waals surface area contributed by atoms with Crippen LogP contribution in [0.3, 0.4) is 0 Å². The van der Waals surface area contributed by atoms with Crippen molar-refractivity contribution in [3.05, 3.63) is 70.7 Å². The molecule has 6 nitrogen and oxygen atoms in total. The number of hydrogen-bond acceptors (Lipinski definition) is 6. The summed E-state index contributed by atoms with van der Waals surface area (Å²) in [7, 11) is 0. The molecule has 1 amide bonds. The van der Waals surface area contributed by atoms with Crippen LogP contribution in [0.4, 0.5) is 30.5 Å². The molecule has 30 heavy (non-hydrogen) atoms. The first-order valence-corrected chi connectivity index (χ1v) is 9.68. The molecule has 0 radical (unpaired) electrons. The number of nitrogen functional groups attached to an aromatic ring is 2. The van der Waals surface area contributed by atoms with Gasteiger partial charge in [-0.05, 0) is 23.8 Å². The predicted octanol–water partition coefficient (Wildman–Crippen LogP) is 4.79. The number of benzene rings is 2. The number of rotatable bonds is 5. The summed E-state index contributed by atoms with van der Waals surface area (Å²) in [4.78, 5) is 21.1. The quantitative estimate of drug-likeness (QED) is 0.379. The van der Waals surface area contributed by atoms with Crippen LogP contribution in [-0.2, 0) is 11.0 Å². The topological polar surface area (TPSA) is 107 Å². The zero-order valence-electron chi connectivity index (χ0n) is 15.2. The molecule has 1 atom stereocenters. The molecule has 1 heterocycles. The highest BCUT2D eigenvalue weighted by Crippen LogP contribution is 2.38. The minimum atomic E-state index is -4.65. The number of nitrogens with zero attached hydrogens (tertiary/aromatic N) is 2. The van der Waals surface area contributed by atoms with Crippen LogP contribution in [0.15, 0.2) is 59.8 Å². The minimum Gasteiger partial charge on any atom is -0.383 e. The maximum absolute atomic E-state index is 13.1. The van der Waals surface area contributed by atoms with Gasteiger partial charge in [-0.3, -0.25) is 4.79 Å². The van der Waals surface area contributed by atoms with E-state index in [2.05, 4.69) is 15.3 Å². The van der Waals surface area contributed by atoms with Crippen LogP contribution in [0.2, 0.25) is 5.02 Å². The Bertz CT molecular complexity index is 1050. The molecule has 0 spiro atoms. The number of alkyl halides is 3. The maximum Gasteiger partial charge on any atom is 0.417 e. The Morgan fingerprint density at radius 2 is 1.67 bits per heavy atom. The van der Waals surface area contributed by atoms with Crippen LogP contribution in [0.1, 0.15) is 16.4 Å². The molecular formula is C19H15ClF3N5OS. The average Bonchev–Trinajstić information content (AvgIpc) is 2.66. The molecular weight excluding hydrogens is 439 g/mol. The number of carbonyl (C=O) groups is 1. The van der Waals surface area contributed by atoms with Crippen LogP contribution >= 0.6 is 23.4 Å². The number of hydrogen-bond donors (Lipinski definition) is 3. The first kappa shape index (κ1) is 21.7. The Labute approximate surface area is 178 Å². The fraction of sp³-hybridized carbons (Fsp3) is 0.105. The Morgan fingerprint density at radius 1 is 1.03 bits per heavy atom. The molecule has 0 saturated heterocycles. The number of nitrogens with two attached hydrogens (primary N) is 2. The smallest absolute Gasteiger partial charge is 0.383 e. The molecule has 5 N–H and O–H groups in total. The molecule has 0 aliphatic carbocycles. The number of amides is 1. The summed E-state index contributed by atoms with van der Waals surface area (Å²) >= 11 is 6.60. The number of halogens is 4.